The molecule has 0 bridgehead atoms. The average Bonchev–Trinajstić information content (AvgIpc) is 3.01. The molecule has 0 amide bonds. The van der Waals surface area contributed by atoms with E-state index in [-0.39, 0.29) is 12.2 Å². The molecule has 0 heterocycles. The van der Waals surface area contributed by atoms with E-state index < -0.39 is 0 Å². The third-order valence-corrected chi connectivity index (χ3v) is 3.46. The molecule has 0 aromatic heterocycles. The first-order chi connectivity index (χ1) is 8.10. The van der Waals surface area contributed by atoms with Crippen molar-refractivity contribution in [2.45, 2.75) is 45.3 Å². The second-order valence-electron chi connectivity index (χ2n) is 5.31. The average molecular weight is 234 g/mol. The van der Waals surface area contributed by atoms with Gasteiger partial charge < -0.3 is 9.84 Å². The Morgan fingerprint density at radius 3 is 2.29 bits per heavy atom. The highest BCUT2D eigenvalue weighted by Gasteiger charge is 2.35. The normalized spacial score (nSPS) is 19.1. The van der Waals surface area contributed by atoms with Gasteiger partial charge in [-0.2, -0.15) is 0 Å². The van der Waals surface area contributed by atoms with Gasteiger partial charge in [-0.15, -0.1) is 0 Å². The van der Waals surface area contributed by atoms with Crippen LogP contribution in [0.25, 0.3) is 0 Å². The first kappa shape index (κ1) is 12.6. The summed E-state index contributed by atoms with van der Waals surface area (Å²) in [5, 5.41) is 10.2. The van der Waals surface area contributed by atoms with Crippen molar-refractivity contribution < 1.29 is 9.84 Å². The number of rotatable bonds is 5. The van der Waals surface area contributed by atoms with Crippen LogP contribution >= 0.6 is 0 Å². The van der Waals surface area contributed by atoms with Gasteiger partial charge in [-0.3, -0.25) is 0 Å². The highest BCUT2D eigenvalue weighted by molar-refractivity contribution is 5.29. The van der Waals surface area contributed by atoms with E-state index in [1.165, 1.54) is 29.5 Å². The molecule has 0 radical (unpaired) electrons. The van der Waals surface area contributed by atoms with Gasteiger partial charge in [0.2, 0.25) is 0 Å². The van der Waals surface area contributed by atoms with E-state index in [0.29, 0.717) is 12.3 Å². The van der Waals surface area contributed by atoms with Crippen molar-refractivity contribution in [2.75, 3.05) is 7.11 Å². The third-order valence-electron chi connectivity index (χ3n) is 3.46. The molecule has 1 fully saturated rings. The number of hydrogen-bond donors (Lipinski definition) is 1. The lowest BCUT2D eigenvalue weighted by Crippen LogP contribution is -2.31. The van der Waals surface area contributed by atoms with Crippen LogP contribution in [0.3, 0.4) is 0 Å². The Labute approximate surface area is 104 Å². The predicted molar refractivity (Wildman–Crippen MR) is 69.1 cm³/mol. The Bertz CT molecular complexity index is 362. The summed E-state index contributed by atoms with van der Waals surface area (Å²) in [6.07, 6.45) is 2.71. The quantitative estimate of drug-likeness (QED) is 0.848. The summed E-state index contributed by atoms with van der Waals surface area (Å²) in [6, 6.07) is 6.45. The Hall–Kier alpha value is -0.860. The number of aryl methyl sites for hydroxylation is 2. The van der Waals surface area contributed by atoms with E-state index in [1.807, 2.05) is 0 Å². The van der Waals surface area contributed by atoms with E-state index in [9.17, 15) is 5.11 Å². The SMILES string of the molecule is COC(C(O)Cc1cc(C)cc(C)c1)C1CC1. The van der Waals surface area contributed by atoms with Gasteiger partial charge in [-0.1, -0.05) is 29.3 Å². The van der Waals surface area contributed by atoms with Crippen molar-refractivity contribution in [3.8, 4) is 0 Å². The number of ether oxygens (including phenoxy) is 1. The van der Waals surface area contributed by atoms with Gasteiger partial charge in [0.1, 0.15) is 0 Å². The highest BCUT2D eigenvalue weighted by atomic mass is 16.5. The summed E-state index contributed by atoms with van der Waals surface area (Å²) < 4.78 is 5.42. The second-order valence-corrected chi connectivity index (χ2v) is 5.31. The van der Waals surface area contributed by atoms with Crippen LogP contribution < -0.4 is 0 Å². The van der Waals surface area contributed by atoms with Crippen LogP contribution in [0.15, 0.2) is 18.2 Å². The van der Waals surface area contributed by atoms with E-state index in [4.69, 9.17) is 4.74 Å². The molecule has 94 valence electrons. The van der Waals surface area contributed by atoms with E-state index in [2.05, 4.69) is 32.0 Å². The molecule has 1 aliphatic rings. The van der Waals surface area contributed by atoms with Crippen molar-refractivity contribution >= 4 is 0 Å². The number of methoxy groups -OCH3 is 1. The molecule has 2 atom stereocenters. The highest BCUT2D eigenvalue weighted by Crippen LogP contribution is 2.36. The minimum absolute atomic E-state index is 0.0100. The first-order valence-corrected chi connectivity index (χ1v) is 6.38. The van der Waals surface area contributed by atoms with Gasteiger partial charge in [0.05, 0.1) is 12.2 Å². The third kappa shape index (κ3) is 3.30. The fourth-order valence-corrected chi connectivity index (χ4v) is 2.63. The zero-order chi connectivity index (χ0) is 12.4. The molecule has 0 aliphatic heterocycles. The van der Waals surface area contributed by atoms with Crippen LogP contribution in [0.4, 0.5) is 0 Å². The fraction of sp³-hybridized carbons (Fsp3) is 0.600. The fourth-order valence-electron chi connectivity index (χ4n) is 2.63. The van der Waals surface area contributed by atoms with Crippen LogP contribution in [0.1, 0.15) is 29.5 Å². The van der Waals surface area contributed by atoms with Gasteiger partial charge >= 0.3 is 0 Å². The summed E-state index contributed by atoms with van der Waals surface area (Å²) in [5.74, 6) is 0.570. The lowest BCUT2D eigenvalue weighted by Gasteiger charge is -2.21. The van der Waals surface area contributed by atoms with Crippen molar-refractivity contribution in [1.82, 2.24) is 0 Å². The second kappa shape index (κ2) is 5.19. The van der Waals surface area contributed by atoms with Crippen LogP contribution in [0, 0.1) is 19.8 Å². The van der Waals surface area contributed by atoms with Crippen LogP contribution in [0.5, 0.6) is 0 Å². The number of benzene rings is 1. The van der Waals surface area contributed by atoms with Crippen molar-refractivity contribution in [3.63, 3.8) is 0 Å². The molecule has 1 aromatic carbocycles. The maximum atomic E-state index is 10.2. The molecular formula is C15H22O2. The van der Waals surface area contributed by atoms with Crippen LogP contribution in [0.2, 0.25) is 0 Å². The maximum Gasteiger partial charge on any atom is 0.0861 e. The maximum absolute atomic E-state index is 10.2. The first-order valence-electron chi connectivity index (χ1n) is 6.38. The van der Waals surface area contributed by atoms with E-state index in [1.54, 1.807) is 7.11 Å². The predicted octanol–water partition coefficient (Wildman–Crippen LogP) is 2.63. The van der Waals surface area contributed by atoms with E-state index in [0.717, 1.165) is 0 Å². The zero-order valence-electron chi connectivity index (χ0n) is 10.9. The standard InChI is InChI=1S/C15H22O2/c1-10-6-11(2)8-12(7-10)9-14(16)15(17-3)13-4-5-13/h6-8,13-16H,4-5,9H2,1-3H3. The topological polar surface area (TPSA) is 29.5 Å². The van der Waals surface area contributed by atoms with Gasteiger partial charge in [0, 0.05) is 13.5 Å². The monoisotopic (exact) mass is 234 g/mol. The molecule has 0 saturated heterocycles. The Balaban J connectivity index is 2.03. The summed E-state index contributed by atoms with van der Waals surface area (Å²) in [4.78, 5) is 0. The molecule has 2 rings (SSSR count). The molecule has 0 spiro atoms. The largest absolute Gasteiger partial charge is 0.390 e. The van der Waals surface area contributed by atoms with Crippen molar-refractivity contribution in [1.29, 1.82) is 0 Å². The molecule has 1 aliphatic carbocycles. The minimum Gasteiger partial charge on any atom is -0.390 e. The van der Waals surface area contributed by atoms with Crippen molar-refractivity contribution in [3.05, 3.63) is 34.9 Å². The smallest absolute Gasteiger partial charge is 0.0861 e. The Morgan fingerprint density at radius 2 is 1.82 bits per heavy atom. The summed E-state index contributed by atoms with van der Waals surface area (Å²) in [6.45, 7) is 4.19. The lowest BCUT2D eigenvalue weighted by molar-refractivity contribution is -0.0237. The Morgan fingerprint density at radius 1 is 1.24 bits per heavy atom. The molecule has 1 N–H and O–H groups in total. The summed E-state index contributed by atoms with van der Waals surface area (Å²) >= 11 is 0. The number of aliphatic hydroxyl groups is 1. The number of aliphatic hydroxyl groups excluding tert-OH is 1. The molecule has 2 unspecified atom stereocenters. The van der Waals surface area contributed by atoms with Gasteiger partial charge in [0.15, 0.2) is 0 Å². The molecule has 2 nitrogen and oxygen atoms in total. The molecule has 2 heteroatoms. The molecule has 17 heavy (non-hydrogen) atoms. The van der Waals surface area contributed by atoms with Gasteiger partial charge in [-0.25, -0.2) is 0 Å². The van der Waals surface area contributed by atoms with Gasteiger partial charge in [0.25, 0.3) is 0 Å². The Kier molecular flexibility index (Phi) is 3.85. The van der Waals surface area contributed by atoms with Crippen LogP contribution in [-0.2, 0) is 11.2 Å². The van der Waals surface area contributed by atoms with Crippen LogP contribution in [-0.4, -0.2) is 24.4 Å². The molecule has 1 aromatic rings. The van der Waals surface area contributed by atoms with Crippen molar-refractivity contribution in [2.24, 2.45) is 5.92 Å². The van der Waals surface area contributed by atoms with E-state index >= 15 is 0 Å². The minimum atomic E-state index is -0.381. The summed E-state index contributed by atoms with van der Waals surface area (Å²) in [7, 11) is 1.70. The summed E-state index contributed by atoms with van der Waals surface area (Å²) in [5.41, 5.74) is 3.72. The zero-order valence-corrected chi connectivity index (χ0v) is 10.9. The van der Waals surface area contributed by atoms with Gasteiger partial charge in [-0.05, 0) is 38.2 Å². The molecular weight excluding hydrogens is 212 g/mol. The lowest BCUT2D eigenvalue weighted by atomic mass is 9.98. The molecule has 1 saturated carbocycles. The number of hydrogen-bond acceptors (Lipinski definition) is 2.